The zero-order chi connectivity index (χ0) is 25.4. The zero-order valence-corrected chi connectivity index (χ0v) is 21.0. The highest BCUT2D eigenvalue weighted by Gasteiger charge is 2.35. The van der Waals surface area contributed by atoms with E-state index in [9.17, 15) is 14.7 Å². The second kappa shape index (κ2) is 9.64. The van der Waals surface area contributed by atoms with Crippen LogP contribution in [0.5, 0.6) is 5.75 Å². The van der Waals surface area contributed by atoms with Crippen molar-refractivity contribution in [1.82, 2.24) is 0 Å². The molecule has 3 aromatic carbocycles. The predicted octanol–water partition coefficient (Wildman–Crippen LogP) is 6.00. The number of amides is 2. The van der Waals surface area contributed by atoms with Crippen LogP contribution in [-0.2, 0) is 9.59 Å². The third kappa shape index (κ3) is 4.65. The molecule has 0 bridgehead atoms. The summed E-state index contributed by atoms with van der Waals surface area (Å²) in [5.74, 6) is -0.235. The summed E-state index contributed by atoms with van der Waals surface area (Å²) >= 11 is 7.29. The van der Waals surface area contributed by atoms with Gasteiger partial charge in [-0.1, -0.05) is 49.7 Å². The molecule has 2 heterocycles. The van der Waals surface area contributed by atoms with Gasteiger partial charge in [-0.05, 0) is 77.3 Å². The average molecular weight is 517 g/mol. The molecule has 9 heteroatoms. The number of benzene rings is 3. The van der Waals surface area contributed by atoms with Gasteiger partial charge in [-0.25, -0.2) is 0 Å². The Hall–Kier alpha value is -3.88. The Kier molecular flexibility index (Phi) is 6.38. The molecule has 2 aliphatic rings. The Morgan fingerprint density at radius 3 is 2.56 bits per heavy atom. The number of hydrogen-bond acceptors (Lipinski definition) is 6. The number of aromatic hydroxyl groups is 1. The summed E-state index contributed by atoms with van der Waals surface area (Å²) < 4.78 is 0. The van der Waals surface area contributed by atoms with Crippen molar-refractivity contribution in [3.05, 3.63) is 93.3 Å². The number of amidine groups is 1. The normalized spacial score (nSPS) is 18.6. The van der Waals surface area contributed by atoms with Crippen molar-refractivity contribution in [1.29, 1.82) is 0 Å². The molecular formula is C27H21ClN4O3S. The fraction of sp³-hybridized carbons (Fsp3) is 0.111. The highest BCUT2D eigenvalue weighted by atomic mass is 35.5. The number of carbonyl (C=O) groups excluding carboxylic acids is 2. The number of thioether (sulfide) groups is 1. The van der Waals surface area contributed by atoms with Crippen molar-refractivity contribution in [3.8, 4) is 5.75 Å². The van der Waals surface area contributed by atoms with Crippen molar-refractivity contribution < 1.29 is 14.7 Å². The zero-order valence-electron chi connectivity index (χ0n) is 19.4. The van der Waals surface area contributed by atoms with Gasteiger partial charge in [-0.3, -0.25) is 14.5 Å². The summed E-state index contributed by atoms with van der Waals surface area (Å²) in [7, 11) is 0. The molecule has 0 atom stereocenters. The van der Waals surface area contributed by atoms with Crippen molar-refractivity contribution in [2.45, 2.75) is 19.8 Å². The average Bonchev–Trinajstić information content (AvgIpc) is 3.34. The van der Waals surface area contributed by atoms with Gasteiger partial charge in [0.2, 0.25) is 5.17 Å². The molecule has 5 rings (SSSR count). The first-order valence-corrected chi connectivity index (χ1v) is 12.4. The minimum atomic E-state index is -0.390. The molecule has 36 heavy (non-hydrogen) atoms. The molecule has 2 N–H and O–H groups in total. The number of carbonyl (C=O) groups is 2. The molecule has 0 aliphatic carbocycles. The topological polar surface area (TPSA) is 94.4 Å². The number of rotatable bonds is 4. The van der Waals surface area contributed by atoms with Gasteiger partial charge in [0.05, 0.1) is 16.3 Å². The van der Waals surface area contributed by atoms with E-state index in [-0.39, 0.29) is 29.2 Å². The summed E-state index contributed by atoms with van der Waals surface area (Å²) in [6, 6.07) is 19.3. The first-order chi connectivity index (χ1) is 17.3. The van der Waals surface area contributed by atoms with Crippen LogP contribution < -0.4 is 10.2 Å². The van der Waals surface area contributed by atoms with E-state index in [1.165, 1.54) is 4.90 Å². The lowest BCUT2D eigenvalue weighted by atomic mass is 10.0. The van der Waals surface area contributed by atoms with E-state index in [1.54, 1.807) is 48.5 Å². The van der Waals surface area contributed by atoms with Crippen LogP contribution in [0.4, 0.5) is 11.4 Å². The lowest BCUT2D eigenvalue weighted by molar-refractivity contribution is -0.113. The van der Waals surface area contributed by atoms with Gasteiger partial charge >= 0.3 is 0 Å². The highest BCUT2D eigenvalue weighted by Crippen LogP contribution is 2.37. The molecular weight excluding hydrogens is 496 g/mol. The number of hydrogen-bond donors (Lipinski definition) is 2. The molecule has 1 fully saturated rings. The van der Waals surface area contributed by atoms with Gasteiger partial charge in [-0.15, -0.1) is 10.2 Å². The predicted molar refractivity (Wildman–Crippen MR) is 146 cm³/mol. The van der Waals surface area contributed by atoms with E-state index >= 15 is 0 Å². The van der Waals surface area contributed by atoms with Crippen LogP contribution in [0.2, 0.25) is 5.02 Å². The number of phenolic OH excluding ortho intramolecular Hbond substituents is 1. The summed E-state index contributed by atoms with van der Waals surface area (Å²) in [5.41, 5.74) is 3.77. The van der Waals surface area contributed by atoms with Gasteiger partial charge in [0.25, 0.3) is 11.8 Å². The van der Waals surface area contributed by atoms with Gasteiger partial charge in [-0.2, -0.15) is 0 Å². The summed E-state index contributed by atoms with van der Waals surface area (Å²) in [5, 5.41) is 21.7. The standard InChI is InChI=1S/C27H21ClN4O3S/c1-15(2)17-4-3-5-19(13-17)32-26(35)23(12-16-6-9-20(33)10-7-16)36-27(32)31-30-24-21-14-18(28)8-11-22(21)29-25(24)34/h3-15,33H,1-2H3,(H,29,30,34). The number of halogens is 1. The fourth-order valence-corrected chi connectivity index (χ4v) is 4.93. The number of anilines is 2. The fourth-order valence-electron chi connectivity index (χ4n) is 3.83. The van der Waals surface area contributed by atoms with Crippen LogP contribution in [0.1, 0.15) is 36.5 Å². The third-order valence-corrected chi connectivity index (χ3v) is 6.92. The first-order valence-electron chi connectivity index (χ1n) is 11.2. The molecule has 0 unspecified atom stereocenters. The van der Waals surface area contributed by atoms with E-state index < -0.39 is 0 Å². The van der Waals surface area contributed by atoms with Gasteiger partial charge in [0, 0.05) is 10.6 Å². The maximum atomic E-state index is 13.5. The SMILES string of the molecule is CC(C)c1cccc(N2C(=O)C(=Cc3ccc(O)cc3)SC2=NN=C2C(=O)Nc3ccc(Cl)cc32)c1. The van der Waals surface area contributed by atoms with Crippen LogP contribution >= 0.6 is 23.4 Å². The van der Waals surface area contributed by atoms with Crippen LogP contribution in [0.15, 0.2) is 81.8 Å². The van der Waals surface area contributed by atoms with Crippen molar-refractivity contribution >= 4 is 63.5 Å². The molecule has 0 aromatic heterocycles. The Balaban J connectivity index is 1.59. The summed E-state index contributed by atoms with van der Waals surface area (Å²) in [4.78, 5) is 28.0. The van der Waals surface area contributed by atoms with Gasteiger partial charge in [0.15, 0.2) is 5.71 Å². The molecule has 0 radical (unpaired) electrons. The molecule has 0 spiro atoms. The molecule has 7 nitrogen and oxygen atoms in total. The van der Waals surface area contributed by atoms with Crippen LogP contribution in [0.25, 0.3) is 6.08 Å². The summed E-state index contributed by atoms with van der Waals surface area (Å²) in [6.07, 6.45) is 1.73. The lowest BCUT2D eigenvalue weighted by Gasteiger charge is -2.17. The monoisotopic (exact) mass is 516 g/mol. The number of fused-ring (bicyclic) bond motifs is 1. The Labute approximate surface area is 217 Å². The van der Waals surface area contributed by atoms with Gasteiger partial charge < -0.3 is 10.4 Å². The van der Waals surface area contributed by atoms with E-state index in [2.05, 4.69) is 29.4 Å². The maximum Gasteiger partial charge on any atom is 0.276 e. The van der Waals surface area contributed by atoms with E-state index in [1.807, 2.05) is 24.3 Å². The van der Waals surface area contributed by atoms with Crippen LogP contribution in [0.3, 0.4) is 0 Å². The summed E-state index contributed by atoms with van der Waals surface area (Å²) in [6.45, 7) is 4.16. The molecule has 1 saturated heterocycles. The quantitative estimate of drug-likeness (QED) is 0.328. The number of nitrogens with one attached hydrogen (secondary N) is 1. The Bertz CT molecular complexity index is 1480. The minimum absolute atomic E-state index is 0.125. The highest BCUT2D eigenvalue weighted by molar-refractivity contribution is 8.19. The number of nitrogens with zero attached hydrogens (tertiary/aromatic N) is 3. The van der Waals surface area contributed by atoms with E-state index in [0.717, 1.165) is 22.9 Å². The first kappa shape index (κ1) is 23.8. The Morgan fingerprint density at radius 1 is 1.03 bits per heavy atom. The molecule has 180 valence electrons. The van der Waals surface area contributed by atoms with Gasteiger partial charge in [0.1, 0.15) is 5.75 Å². The van der Waals surface area contributed by atoms with E-state index in [0.29, 0.717) is 32.0 Å². The van der Waals surface area contributed by atoms with Crippen molar-refractivity contribution in [2.75, 3.05) is 10.2 Å². The van der Waals surface area contributed by atoms with Crippen LogP contribution in [0, 0.1) is 0 Å². The molecule has 0 saturated carbocycles. The second-order valence-corrected chi connectivity index (χ2v) is 10.0. The molecule has 3 aromatic rings. The molecule has 2 amide bonds. The second-order valence-electron chi connectivity index (χ2n) is 8.57. The van der Waals surface area contributed by atoms with E-state index in [4.69, 9.17) is 11.6 Å². The largest absolute Gasteiger partial charge is 0.508 e. The Morgan fingerprint density at radius 2 is 1.81 bits per heavy atom. The number of phenols is 1. The maximum absolute atomic E-state index is 13.5. The molecule has 2 aliphatic heterocycles. The smallest absolute Gasteiger partial charge is 0.276 e. The third-order valence-electron chi connectivity index (χ3n) is 5.73. The lowest BCUT2D eigenvalue weighted by Crippen LogP contribution is -2.29. The van der Waals surface area contributed by atoms with Crippen molar-refractivity contribution in [2.24, 2.45) is 10.2 Å². The van der Waals surface area contributed by atoms with Crippen LogP contribution in [-0.4, -0.2) is 27.8 Å². The van der Waals surface area contributed by atoms with Crippen molar-refractivity contribution in [3.63, 3.8) is 0 Å². The minimum Gasteiger partial charge on any atom is -0.508 e.